The van der Waals surface area contributed by atoms with Crippen molar-refractivity contribution < 1.29 is 28.7 Å². The Morgan fingerprint density at radius 2 is 1.64 bits per heavy atom. The van der Waals surface area contributed by atoms with E-state index in [4.69, 9.17) is 21.2 Å². The third-order valence-electron chi connectivity index (χ3n) is 3.24. The topological polar surface area (TPSA) is 149 Å². The Bertz CT molecular complexity index is 615. The minimum atomic E-state index is -0.721. The number of nitrogens with two attached hydrogens (primary N) is 2. The fraction of sp³-hybridized carbons (Fsp3) is 0.467. The van der Waals surface area contributed by atoms with E-state index in [1.165, 1.54) is 6.07 Å². The highest BCUT2D eigenvalue weighted by atomic mass is 16.5. The van der Waals surface area contributed by atoms with Crippen molar-refractivity contribution in [3.63, 3.8) is 0 Å². The van der Waals surface area contributed by atoms with Gasteiger partial charge in [-0.15, -0.1) is 0 Å². The van der Waals surface area contributed by atoms with Crippen LogP contribution in [0.15, 0.2) is 12.1 Å². The first kappa shape index (κ1) is 20.6. The molecule has 7 N–H and O–H groups in total. The standard InChI is InChI=1S/C15H25N5O5/c1-20(2,3)4-5-24-6-7-25-13-9-10(14(22)18-16)12(21)8-11(13)15(23)19-17/h8-9H,4-7H2,1-3H3,(H6-,16,17,18,19,21,22,23)/p+1. The van der Waals surface area contributed by atoms with E-state index >= 15 is 0 Å². The highest BCUT2D eigenvalue weighted by Gasteiger charge is 2.19. The Kier molecular flexibility index (Phi) is 7.58. The lowest BCUT2D eigenvalue weighted by Gasteiger charge is -2.23. The molecular formula is C15H26N5O5+. The maximum atomic E-state index is 11.8. The maximum Gasteiger partial charge on any atom is 0.269 e. The molecule has 140 valence electrons. The average molecular weight is 356 g/mol. The summed E-state index contributed by atoms with van der Waals surface area (Å²) in [6, 6.07) is 2.30. The fourth-order valence-electron chi connectivity index (χ4n) is 1.85. The largest absolute Gasteiger partial charge is 0.507 e. The van der Waals surface area contributed by atoms with Gasteiger partial charge >= 0.3 is 0 Å². The number of ether oxygens (including phenoxy) is 2. The van der Waals surface area contributed by atoms with Crippen LogP contribution < -0.4 is 27.3 Å². The Balaban J connectivity index is 2.78. The van der Waals surface area contributed by atoms with Gasteiger partial charge in [0.25, 0.3) is 11.8 Å². The van der Waals surface area contributed by atoms with Crippen molar-refractivity contribution in [2.75, 3.05) is 47.5 Å². The summed E-state index contributed by atoms with van der Waals surface area (Å²) in [5.74, 6) is 8.45. The molecule has 0 fully saturated rings. The first-order valence-corrected chi connectivity index (χ1v) is 7.59. The van der Waals surface area contributed by atoms with Gasteiger partial charge in [-0.3, -0.25) is 20.4 Å². The van der Waals surface area contributed by atoms with Gasteiger partial charge in [0.05, 0.1) is 45.5 Å². The number of amides is 2. The van der Waals surface area contributed by atoms with Gasteiger partial charge in [-0.2, -0.15) is 0 Å². The van der Waals surface area contributed by atoms with Crippen LogP contribution in [0.3, 0.4) is 0 Å². The summed E-state index contributed by atoms with van der Waals surface area (Å²) < 4.78 is 11.7. The summed E-state index contributed by atoms with van der Waals surface area (Å²) in [5.41, 5.74) is 3.71. The van der Waals surface area contributed by atoms with E-state index in [9.17, 15) is 14.7 Å². The van der Waals surface area contributed by atoms with Crippen LogP contribution in [0.2, 0.25) is 0 Å². The van der Waals surface area contributed by atoms with Gasteiger partial charge in [-0.25, -0.2) is 11.7 Å². The van der Waals surface area contributed by atoms with Gasteiger partial charge in [0.2, 0.25) is 0 Å². The summed E-state index contributed by atoms with van der Waals surface area (Å²) in [6.07, 6.45) is 0. The fourth-order valence-corrected chi connectivity index (χ4v) is 1.85. The van der Waals surface area contributed by atoms with Gasteiger partial charge < -0.3 is 19.1 Å². The molecule has 0 atom stereocenters. The van der Waals surface area contributed by atoms with E-state index < -0.39 is 17.6 Å². The van der Waals surface area contributed by atoms with E-state index in [-0.39, 0.29) is 23.5 Å². The second kappa shape index (κ2) is 9.18. The van der Waals surface area contributed by atoms with Crippen LogP contribution in [0.25, 0.3) is 0 Å². The number of likely N-dealkylation sites (N-methyl/N-ethyl adjacent to an activating group) is 1. The highest BCUT2D eigenvalue weighted by Crippen LogP contribution is 2.28. The van der Waals surface area contributed by atoms with Crippen molar-refractivity contribution in [1.82, 2.24) is 10.9 Å². The number of nitrogens with one attached hydrogen (secondary N) is 2. The summed E-state index contributed by atoms with van der Waals surface area (Å²) >= 11 is 0. The van der Waals surface area contributed by atoms with Crippen LogP contribution in [0.5, 0.6) is 11.5 Å². The molecule has 0 heterocycles. The number of benzene rings is 1. The average Bonchev–Trinajstić information content (AvgIpc) is 2.56. The smallest absolute Gasteiger partial charge is 0.269 e. The van der Waals surface area contributed by atoms with Crippen molar-refractivity contribution >= 4 is 11.8 Å². The van der Waals surface area contributed by atoms with Crippen molar-refractivity contribution in [3.05, 3.63) is 23.3 Å². The Labute approximate surface area is 146 Å². The van der Waals surface area contributed by atoms with Gasteiger partial charge in [0, 0.05) is 0 Å². The molecule has 1 aromatic rings. The molecule has 0 aromatic heterocycles. The second-order valence-electron chi connectivity index (χ2n) is 6.29. The van der Waals surface area contributed by atoms with E-state index in [1.807, 2.05) is 10.9 Å². The number of nitrogens with zero attached hydrogens (tertiary/aromatic N) is 1. The van der Waals surface area contributed by atoms with Crippen LogP contribution in [-0.2, 0) is 4.74 Å². The normalized spacial score (nSPS) is 11.1. The van der Waals surface area contributed by atoms with Gasteiger partial charge in [0.1, 0.15) is 24.7 Å². The predicted octanol–water partition coefficient (Wildman–Crippen LogP) is -1.30. The number of phenols is 1. The maximum absolute atomic E-state index is 11.8. The van der Waals surface area contributed by atoms with Crippen molar-refractivity contribution in [2.24, 2.45) is 11.7 Å². The SMILES string of the molecule is C[N+](C)(C)CCOCCOc1cc(C(=O)NN)c(O)cc1C(=O)NN. The van der Waals surface area contributed by atoms with Gasteiger partial charge in [-0.1, -0.05) is 0 Å². The Morgan fingerprint density at radius 3 is 2.20 bits per heavy atom. The van der Waals surface area contributed by atoms with Gasteiger partial charge in [-0.05, 0) is 12.1 Å². The van der Waals surface area contributed by atoms with Gasteiger partial charge in [0.15, 0.2) is 0 Å². The number of carbonyl (C=O) groups excluding carboxylic acids is 2. The van der Waals surface area contributed by atoms with Crippen LogP contribution >= 0.6 is 0 Å². The number of aromatic hydroxyl groups is 1. The molecule has 25 heavy (non-hydrogen) atoms. The molecule has 0 unspecified atom stereocenters. The molecule has 0 bridgehead atoms. The van der Waals surface area contributed by atoms with Crippen molar-refractivity contribution in [2.45, 2.75) is 0 Å². The molecule has 10 heteroatoms. The molecule has 0 radical (unpaired) electrons. The lowest BCUT2D eigenvalue weighted by Crippen LogP contribution is -2.37. The summed E-state index contributed by atoms with van der Waals surface area (Å²) in [5, 5.41) is 9.86. The number of rotatable bonds is 9. The molecule has 0 saturated heterocycles. The molecule has 0 aliphatic rings. The first-order valence-electron chi connectivity index (χ1n) is 7.59. The molecule has 0 aliphatic carbocycles. The van der Waals surface area contributed by atoms with E-state index in [0.29, 0.717) is 13.2 Å². The van der Waals surface area contributed by atoms with Crippen LogP contribution in [0.4, 0.5) is 0 Å². The number of nitrogen functional groups attached to an aromatic ring is 2. The molecule has 2 amide bonds. The minimum absolute atomic E-state index is 0.0140. The number of hydrogen-bond acceptors (Lipinski definition) is 7. The third-order valence-corrected chi connectivity index (χ3v) is 3.24. The first-order chi connectivity index (χ1) is 11.7. The van der Waals surface area contributed by atoms with E-state index in [2.05, 4.69) is 21.1 Å². The zero-order valence-corrected chi connectivity index (χ0v) is 14.7. The van der Waals surface area contributed by atoms with E-state index in [0.717, 1.165) is 17.1 Å². The van der Waals surface area contributed by atoms with E-state index in [1.54, 1.807) is 0 Å². The highest BCUT2D eigenvalue weighted by molar-refractivity contribution is 6.01. The number of carbonyl (C=O) groups is 2. The van der Waals surface area contributed by atoms with Crippen molar-refractivity contribution in [1.29, 1.82) is 0 Å². The van der Waals surface area contributed by atoms with Crippen LogP contribution in [0, 0.1) is 0 Å². The lowest BCUT2D eigenvalue weighted by molar-refractivity contribution is -0.870. The number of phenolic OH excluding ortho intramolecular Hbond substituents is 1. The molecular weight excluding hydrogens is 330 g/mol. The quantitative estimate of drug-likeness (QED) is 0.121. The number of quaternary nitrogens is 1. The monoisotopic (exact) mass is 356 g/mol. The zero-order valence-electron chi connectivity index (χ0n) is 14.7. The third kappa shape index (κ3) is 6.55. The molecule has 0 spiro atoms. The second-order valence-corrected chi connectivity index (χ2v) is 6.29. The molecule has 1 rings (SSSR count). The minimum Gasteiger partial charge on any atom is -0.507 e. The number of hydrazine groups is 2. The Hall–Kier alpha value is -2.40. The molecule has 10 nitrogen and oxygen atoms in total. The summed E-state index contributed by atoms with van der Waals surface area (Å²) in [4.78, 5) is 23.4. The lowest BCUT2D eigenvalue weighted by atomic mass is 10.1. The summed E-state index contributed by atoms with van der Waals surface area (Å²) in [7, 11) is 6.16. The molecule has 1 aromatic carbocycles. The van der Waals surface area contributed by atoms with Crippen LogP contribution in [-0.4, -0.2) is 68.9 Å². The number of hydrogen-bond donors (Lipinski definition) is 5. The molecule has 0 aliphatic heterocycles. The predicted molar refractivity (Wildman–Crippen MR) is 90.6 cm³/mol. The van der Waals surface area contributed by atoms with Crippen molar-refractivity contribution in [3.8, 4) is 11.5 Å². The zero-order chi connectivity index (χ0) is 19.0. The Morgan fingerprint density at radius 1 is 1.04 bits per heavy atom. The van der Waals surface area contributed by atoms with Crippen LogP contribution in [0.1, 0.15) is 20.7 Å². The summed E-state index contributed by atoms with van der Waals surface area (Å²) in [6.45, 7) is 1.83. The molecule has 0 saturated carbocycles.